The van der Waals surface area contributed by atoms with Crippen LogP contribution in [0.25, 0.3) is 0 Å². The Morgan fingerprint density at radius 1 is 1.65 bits per heavy atom. The first-order valence-electron chi connectivity index (χ1n) is 6.03. The number of aliphatic hydroxyl groups excluding tert-OH is 1. The van der Waals surface area contributed by atoms with Crippen LogP contribution in [0.5, 0.6) is 0 Å². The predicted octanol–water partition coefficient (Wildman–Crippen LogP) is 1.98. The molecule has 1 heterocycles. The summed E-state index contributed by atoms with van der Waals surface area (Å²) in [4.78, 5) is 6.47. The molecule has 0 aromatic carbocycles. The zero-order valence-corrected chi connectivity index (χ0v) is 10.1. The molecule has 0 unspecified atom stereocenters. The standard InChI is InChI=1S/C14H18N2O/c1-3-9-16(10-12-6-7-12)14-13(11(2)17)5-4-8-15-14/h1,4-5,8,11-12,17H,6-7,9-10H2,2H3/t11-/m0/s1. The van der Waals surface area contributed by atoms with Crippen molar-refractivity contribution in [1.82, 2.24) is 4.98 Å². The van der Waals surface area contributed by atoms with Gasteiger partial charge in [-0.05, 0) is 31.7 Å². The Morgan fingerprint density at radius 3 is 3.00 bits per heavy atom. The smallest absolute Gasteiger partial charge is 0.135 e. The van der Waals surface area contributed by atoms with Crippen molar-refractivity contribution >= 4 is 5.82 Å². The van der Waals surface area contributed by atoms with Gasteiger partial charge in [0.25, 0.3) is 0 Å². The quantitative estimate of drug-likeness (QED) is 0.786. The van der Waals surface area contributed by atoms with Gasteiger partial charge in [-0.1, -0.05) is 12.0 Å². The summed E-state index contributed by atoms with van der Waals surface area (Å²) in [6, 6.07) is 3.75. The lowest BCUT2D eigenvalue weighted by Gasteiger charge is -2.24. The van der Waals surface area contributed by atoms with Gasteiger partial charge in [-0.25, -0.2) is 4.98 Å². The fraction of sp³-hybridized carbons (Fsp3) is 0.500. The Hall–Kier alpha value is -1.53. The van der Waals surface area contributed by atoms with Crippen LogP contribution in [0, 0.1) is 18.3 Å². The highest BCUT2D eigenvalue weighted by atomic mass is 16.3. The molecule has 1 aliphatic rings. The largest absolute Gasteiger partial charge is 0.389 e. The van der Waals surface area contributed by atoms with Gasteiger partial charge in [0.2, 0.25) is 0 Å². The molecule has 1 saturated carbocycles. The van der Waals surface area contributed by atoms with Crippen LogP contribution in [0.15, 0.2) is 18.3 Å². The van der Waals surface area contributed by atoms with Crippen LogP contribution in [0.4, 0.5) is 5.82 Å². The summed E-state index contributed by atoms with van der Waals surface area (Å²) >= 11 is 0. The first-order chi connectivity index (χ1) is 8.22. The van der Waals surface area contributed by atoms with Crippen LogP contribution in [-0.4, -0.2) is 23.2 Å². The summed E-state index contributed by atoms with van der Waals surface area (Å²) in [6.45, 7) is 3.25. The molecular weight excluding hydrogens is 212 g/mol. The van der Waals surface area contributed by atoms with Crippen LogP contribution in [0.3, 0.4) is 0 Å². The molecule has 2 rings (SSSR count). The lowest BCUT2D eigenvalue weighted by Crippen LogP contribution is -2.28. The van der Waals surface area contributed by atoms with Crippen LogP contribution >= 0.6 is 0 Å². The lowest BCUT2D eigenvalue weighted by atomic mass is 10.1. The van der Waals surface area contributed by atoms with Crippen molar-refractivity contribution in [3.63, 3.8) is 0 Å². The maximum atomic E-state index is 9.75. The molecule has 3 heteroatoms. The molecule has 0 saturated heterocycles. The SMILES string of the molecule is C#CCN(CC1CC1)c1ncccc1[C@H](C)O. The summed E-state index contributed by atoms with van der Waals surface area (Å²) in [5.74, 6) is 4.24. The van der Waals surface area contributed by atoms with Crippen molar-refractivity contribution in [2.24, 2.45) is 5.92 Å². The predicted molar refractivity (Wildman–Crippen MR) is 68.6 cm³/mol. The third-order valence-electron chi connectivity index (χ3n) is 3.02. The van der Waals surface area contributed by atoms with E-state index in [0.29, 0.717) is 6.54 Å². The minimum atomic E-state index is -0.516. The normalized spacial score (nSPS) is 16.3. The minimum absolute atomic E-state index is 0.516. The van der Waals surface area contributed by atoms with Crippen molar-refractivity contribution in [3.8, 4) is 12.3 Å². The molecule has 1 aliphatic carbocycles. The number of terminal acetylenes is 1. The van der Waals surface area contributed by atoms with Crippen LogP contribution in [0.1, 0.15) is 31.4 Å². The van der Waals surface area contributed by atoms with E-state index in [1.165, 1.54) is 12.8 Å². The maximum absolute atomic E-state index is 9.75. The Bertz CT molecular complexity index is 418. The van der Waals surface area contributed by atoms with Crippen molar-refractivity contribution in [3.05, 3.63) is 23.9 Å². The van der Waals surface area contributed by atoms with E-state index in [1.807, 2.05) is 12.1 Å². The molecule has 1 atom stereocenters. The van der Waals surface area contributed by atoms with Crippen molar-refractivity contribution in [2.75, 3.05) is 18.0 Å². The fourth-order valence-electron chi connectivity index (χ4n) is 1.95. The summed E-state index contributed by atoms with van der Waals surface area (Å²) in [5.41, 5.74) is 0.850. The van der Waals surface area contributed by atoms with Gasteiger partial charge in [0, 0.05) is 18.3 Å². The average Bonchev–Trinajstić information content (AvgIpc) is 3.12. The van der Waals surface area contributed by atoms with Crippen LogP contribution in [0.2, 0.25) is 0 Å². The van der Waals surface area contributed by atoms with E-state index >= 15 is 0 Å². The van der Waals surface area contributed by atoms with E-state index in [1.54, 1.807) is 13.1 Å². The number of nitrogens with zero attached hydrogens (tertiary/aromatic N) is 2. The van der Waals surface area contributed by atoms with Crippen LogP contribution in [-0.2, 0) is 0 Å². The molecule has 1 aromatic heterocycles. The van der Waals surface area contributed by atoms with Crippen LogP contribution < -0.4 is 4.90 Å². The van der Waals surface area contributed by atoms with Gasteiger partial charge in [0.15, 0.2) is 0 Å². The van der Waals surface area contributed by atoms with E-state index < -0.39 is 6.10 Å². The van der Waals surface area contributed by atoms with Gasteiger partial charge in [-0.15, -0.1) is 6.42 Å². The molecule has 1 fully saturated rings. The lowest BCUT2D eigenvalue weighted by molar-refractivity contribution is 0.199. The molecule has 0 radical (unpaired) electrons. The van der Waals surface area contributed by atoms with E-state index in [2.05, 4.69) is 15.8 Å². The second-order valence-corrected chi connectivity index (χ2v) is 4.62. The highest BCUT2D eigenvalue weighted by molar-refractivity contribution is 5.49. The fourth-order valence-corrected chi connectivity index (χ4v) is 1.95. The van der Waals surface area contributed by atoms with Crippen molar-refractivity contribution < 1.29 is 5.11 Å². The second kappa shape index (κ2) is 5.20. The van der Waals surface area contributed by atoms with E-state index in [9.17, 15) is 5.11 Å². The summed E-state index contributed by atoms with van der Waals surface area (Å²) in [7, 11) is 0. The van der Waals surface area contributed by atoms with Gasteiger partial charge in [-0.2, -0.15) is 0 Å². The van der Waals surface area contributed by atoms with Crippen molar-refractivity contribution in [1.29, 1.82) is 0 Å². The molecular formula is C14H18N2O. The number of rotatable bonds is 5. The number of aromatic nitrogens is 1. The van der Waals surface area contributed by atoms with Gasteiger partial charge in [0.05, 0.1) is 12.6 Å². The zero-order valence-electron chi connectivity index (χ0n) is 10.1. The Kier molecular flexibility index (Phi) is 3.65. The molecule has 0 amide bonds. The highest BCUT2D eigenvalue weighted by Crippen LogP contribution is 2.32. The highest BCUT2D eigenvalue weighted by Gasteiger charge is 2.26. The molecule has 17 heavy (non-hydrogen) atoms. The van der Waals surface area contributed by atoms with Gasteiger partial charge < -0.3 is 10.0 Å². The summed E-state index contributed by atoms with van der Waals surface area (Å²) in [6.07, 6.45) is 9.19. The molecule has 0 spiro atoms. The van der Waals surface area contributed by atoms with E-state index in [0.717, 1.165) is 23.8 Å². The summed E-state index contributed by atoms with van der Waals surface area (Å²) in [5, 5.41) is 9.75. The van der Waals surface area contributed by atoms with E-state index in [-0.39, 0.29) is 0 Å². The number of hydrogen-bond acceptors (Lipinski definition) is 3. The van der Waals surface area contributed by atoms with Gasteiger partial charge in [0.1, 0.15) is 5.82 Å². The number of hydrogen-bond donors (Lipinski definition) is 1. The second-order valence-electron chi connectivity index (χ2n) is 4.62. The zero-order chi connectivity index (χ0) is 12.3. The maximum Gasteiger partial charge on any atom is 0.135 e. The number of pyridine rings is 1. The molecule has 90 valence electrons. The minimum Gasteiger partial charge on any atom is -0.389 e. The first-order valence-corrected chi connectivity index (χ1v) is 6.03. The monoisotopic (exact) mass is 230 g/mol. The molecule has 1 aromatic rings. The van der Waals surface area contributed by atoms with Gasteiger partial charge >= 0.3 is 0 Å². The summed E-state index contributed by atoms with van der Waals surface area (Å²) < 4.78 is 0. The average molecular weight is 230 g/mol. The Labute approximate surface area is 102 Å². The molecule has 1 N–H and O–H groups in total. The van der Waals surface area contributed by atoms with Crippen molar-refractivity contribution in [2.45, 2.75) is 25.9 Å². The Balaban J connectivity index is 2.24. The topological polar surface area (TPSA) is 36.4 Å². The third kappa shape index (κ3) is 2.98. The molecule has 0 aliphatic heterocycles. The van der Waals surface area contributed by atoms with E-state index in [4.69, 9.17) is 6.42 Å². The number of aliphatic hydroxyl groups is 1. The molecule has 3 nitrogen and oxygen atoms in total. The molecule has 0 bridgehead atoms. The first kappa shape index (κ1) is 11.9. The third-order valence-corrected chi connectivity index (χ3v) is 3.02. The number of anilines is 1. The Morgan fingerprint density at radius 2 is 2.41 bits per heavy atom. The van der Waals surface area contributed by atoms with Gasteiger partial charge in [-0.3, -0.25) is 0 Å².